The van der Waals surface area contributed by atoms with Crippen LogP contribution in [-0.2, 0) is 5.41 Å². The molecular weight excluding hydrogens is 283 g/mol. The Morgan fingerprint density at radius 1 is 1.35 bits per heavy atom. The first-order valence-electron chi connectivity index (χ1n) is 5.72. The van der Waals surface area contributed by atoms with Crippen LogP contribution in [0.1, 0.15) is 33.0 Å². The molecule has 2 rings (SSSR count). The Morgan fingerprint density at radius 3 is 2.71 bits per heavy atom. The molecule has 0 amide bonds. The van der Waals surface area contributed by atoms with Gasteiger partial charge < -0.3 is 4.42 Å². The molecule has 0 bridgehead atoms. The molecular formula is C14H16BrFO. The molecule has 1 heterocycles. The predicted octanol–water partition coefficient (Wildman–Crippen LogP) is 5.02. The Kier molecular flexibility index (Phi) is 3.30. The molecule has 0 fully saturated rings. The molecule has 0 N–H and O–H groups in total. The summed E-state index contributed by atoms with van der Waals surface area (Å²) in [6.45, 7) is 6.39. The normalized spacial score (nSPS) is 14.2. The van der Waals surface area contributed by atoms with E-state index < -0.39 is 0 Å². The van der Waals surface area contributed by atoms with Crippen molar-refractivity contribution in [2.75, 3.05) is 0 Å². The van der Waals surface area contributed by atoms with E-state index in [2.05, 4.69) is 36.7 Å². The Bertz CT molecular complexity index is 528. The van der Waals surface area contributed by atoms with Gasteiger partial charge in [0, 0.05) is 15.6 Å². The highest BCUT2D eigenvalue weighted by atomic mass is 79.9. The lowest BCUT2D eigenvalue weighted by Gasteiger charge is -2.23. The minimum Gasteiger partial charge on any atom is -0.461 e. The molecule has 1 aromatic carbocycles. The van der Waals surface area contributed by atoms with Crippen molar-refractivity contribution < 1.29 is 8.81 Å². The maximum absolute atomic E-state index is 13.1. The third-order valence-corrected chi connectivity index (χ3v) is 3.26. The molecule has 92 valence electrons. The van der Waals surface area contributed by atoms with Crippen LogP contribution in [0.2, 0.25) is 0 Å². The largest absolute Gasteiger partial charge is 0.461 e. The lowest BCUT2D eigenvalue weighted by molar-refractivity contribution is 0.380. The Morgan fingerprint density at radius 2 is 2.06 bits per heavy atom. The van der Waals surface area contributed by atoms with Gasteiger partial charge in [0.1, 0.15) is 17.2 Å². The molecule has 0 aliphatic carbocycles. The van der Waals surface area contributed by atoms with Crippen LogP contribution in [0.5, 0.6) is 0 Å². The number of hydrogen-bond acceptors (Lipinski definition) is 1. The summed E-state index contributed by atoms with van der Waals surface area (Å²) in [5.74, 6) is 0.681. The summed E-state index contributed by atoms with van der Waals surface area (Å²) >= 11 is 3.56. The van der Waals surface area contributed by atoms with Gasteiger partial charge in [-0.3, -0.25) is 0 Å². The van der Waals surface area contributed by atoms with Gasteiger partial charge in [-0.1, -0.05) is 36.7 Å². The predicted molar refractivity (Wildman–Crippen MR) is 72.2 cm³/mol. The highest BCUT2D eigenvalue weighted by Gasteiger charge is 2.26. The van der Waals surface area contributed by atoms with E-state index in [1.165, 1.54) is 12.1 Å². The summed E-state index contributed by atoms with van der Waals surface area (Å²) in [5, 5.41) is 0.829. The number of rotatable bonds is 3. The number of fused-ring (bicyclic) bond motifs is 1. The SMILES string of the molecule is CC(Br)CC(C)(C)c1cc2cc(F)ccc2o1. The fraction of sp³-hybridized carbons (Fsp3) is 0.429. The fourth-order valence-corrected chi connectivity index (χ4v) is 2.96. The van der Waals surface area contributed by atoms with Gasteiger partial charge in [-0.15, -0.1) is 0 Å². The maximum Gasteiger partial charge on any atom is 0.134 e. The molecule has 1 atom stereocenters. The zero-order valence-corrected chi connectivity index (χ0v) is 11.8. The maximum atomic E-state index is 13.1. The molecule has 0 radical (unpaired) electrons. The molecule has 1 aromatic heterocycles. The summed E-state index contributed by atoms with van der Waals surface area (Å²) in [6.07, 6.45) is 0.968. The first-order chi connectivity index (χ1) is 7.88. The zero-order chi connectivity index (χ0) is 12.6. The van der Waals surface area contributed by atoms with Crippen molar-refractivity contribution in [3.8, 4) is 0 Å². The average molecular weight is 299 g/mol. The molecule has 0 aliphatic heterocycles. The van der Waals surface area contributed by atoms with E-state index in [1.807, 2.05) is 6.07 Å². The van der Waals surface area contributed by atoms with E-state index in [1.54, 1.807) is 6.07 Å². The summed E-state index contributed by atoms with van der Waals surface area (Å²) in [5.41, 5.74) is 0.690. The second-order valence-electron chi connectivity index (χ2n) is 5.16. The summed E-state index contributed by atoms with van der Waals surface area (Å²) < 4.78 is 18.9. The summed E-state index contributed by atoms with van der Waals surface area (Å²) in [6, 6.07) is 6.56. The van der Waals surface area contributed by atoms with Crippen LogP contribution in [0, 0.1) is 5.82 Å². The van der Waals surface area contributed by atoms with Crippen LogP contribution in [0.4, 0.5) is 4.39 Å². The molecule has 1 unspecified atom stereocenters. The molecule has 17 heavy (non-hydrogen) atoms. The topological polar surface area (TPSA) is 13.1 Å². The van der Waals surface area contributed by atoms with Crippen LogP contribution < -0.4 is 0 Å². The molecule has 0 saturated heterocycles. The third kappa shape index (κ3) is 2.71. The fourth-order valence-electron chi connectivity index (χ4n) is 2.15. The minimum atomic E-state index is -0.225. The van der Waals surface area contributed by atoms with Gasteiger partial charge in [0.15, 0.2) is 0 Å². The minimum absolute atomic E-state index is 0.0571. The van der Waals surface area contributed by atoms with E-state index in [-0.39, 0.29) is 11.2 Å². The van der Waals surface area contributed by atoms with Gasteiger partial charge in [0.25, 0.3) is 0 Å². The molecule has 0 spiro atoms. The quantitative estimate of drug-likeness (QED) is 0.725. The number of hydrogen-bond donors (Lipinski definition) is 0. The summed E-state index contributed by atoms with van der Waals surface area (Å²) in [4.78, 5) is 0.419. The first kappa shape index (κ1) is 12.6. The van der Waals surface area contributed by atoms with Gasteiger partial charge in [-0.05, 0) is 30.7 Å². The van der Waals surface area contributed by atoms with Crippen LogP contribution >= 0.6 is 15.9 Å². The van der Waals surface area contributed by atoms with Crippen molar-refractivity contribution in [2.24, 2.45) is 0 Å². The van der Waals surface area contributed by atoms with Crippen LogP contribution in [0.3, 0.4) is 0 Å². The highest BCUT2D eigenvalue weighted by Crippen LogP contribution is 2.34. The van der Waals surface area contributed by atoms with Gasteiger partial charge in [-0.25, -0.2) is 4.39 Å². The molecule has 2 aromatic rings. The third-order valence-electron chi connectivity index (χ3n) is 2.94. The first-order valence-corrected chi connectivity index (χ1v) is 6.64. The monoisotopic (exact) mass is 298 g/mol. The Labute approximate surface area is 109 Å². The van der Waals surface area contributed by atoms with Crippen molar-refractivity contribution >= 4 is 26.9 Å². The van der Waals surface area contributed by atoms with Gasteiger partial charge in [-0.2, -0.15) is 0 Å². The van der Waals surface area contributed by atoms with Gasteiger partial charge in [0.2, 0.25) is 0 Å². The van der Waals surface area contributed by atoms with E-state index in [0.29, 0.717) is 4.83 Å². The number of benzene rings is 1. The van der Waals surface area contributed by atoms with Crippen LogP contribution in [0.25, 0.3) is 11.0 Å². The zero-order valence-electron chi connectivity index (χ0n) is 10.3. The van der Waals surface area contributed by atoms with Gasteiger partial charge in [0.05, 0.1) is 0 Å². The molecule has 0 saturated carbocycles. The number of furan rings is 1. The molecule has 0 aliphatic rings. The lowest BCUT2D eigenvalue weighted by atomic mass is 9.85. The van der Waals surface area contributed by atoms with Crippen LogP contribution in [-0.4, -0.2) is 4.83 Å². The van der Waals surface area contributed by atoms with E-state index in [9.17, 15) is 4.39 Å². The second-order valence-corrected chi connectivity index (χ2v) is 6.72. The number of alkyl halides is 1. The van der Waals surface area contributed by atoms with Crippen molar-refractivity contribution in [2.45, 2.75) is 37.4 Å². The Balaban J connectivity index is 2.42. The van der Waals surface area contributed by atoms with Crippen molar-refractivity contribution in [3.63, 3.8) is 0 Å². The van der Waals surface area contributed by atoms with Gasteiger partial charge >= 0.3 is 0 Å². The standard InChI is InChI=1S/C14H16BrFO/c1-9(15)8-14(2,3)13-7-10-6-11(16)4-5-12(10)17-13/h4-7,9H,8H2,1-3H3. The van der Waals surface area contributed by atoms with E-state index in [4.69, 9.17) is 4.42 Å². The highest BCUT2D eigenvalue weighted by molar-refractivity contribution is 9.09. The molecule has 1 nitrogen and oxygen atoms in total. The van der Waals surface area contributed by atoms with E-state index in [0.717, 1.165) is 23.2 Å². The Hall–Kier alpha value is -0.830. The lowest BCUT2D eigenvalue weighted by Crippen LogP contribution is -2.19. The smallest absolute Gasteiger partial charge is 0.134 e. The van der Waals surface area contributed by atoms with E-state index >= 15 is 0 Å². The van der Waals surface area contributed by atoms with Crippen molar-refractivity contribution in [3.05, 3.63) is 35.8 Å². The average Bonchev–Trinajstić information content (AvgIpc) is 2.58. The van der Waals surface area contributed by atoms with Crippen molar-refractivity contribution in [1.29, 1.82) is 0 Å². The van der Waals surface area contributed by atoms with Crippen molar-refractivity contribution in [1.82, 2.24) is 0 Å². The van der Waals surface area contributed by atoms with Crippen LogP contribution in [0.15, 0.2) is 28.7 Å². The summed E-state index contributed by atoms with van der Waals surface area (Å²) in [7, 11) is 0. The molecule has 3 heteroatoms. The number of halogens is 2. The second kappa shape index (κ2) is 4.45.